The van der Waals surface area contributed by atoms with Crippen LogP contribution in [0.4, 0.5) is 5.69 Å². The standard InChI is InChI=1S/C14H20N6O2/c1-4-7-14(2,15)13(21)17-10-5-6-12(22-3)11(8-10)20-9-16-18-19-20/h5-6,8-9H,4,7,15H2,1-3H3,(H,17,21). The first-order valence-corrected chi connectivity index (χ1v) is 6.99. The molecule has 22 heavy (non-hydrogen) atoms. The number of aromatic nitrogens is 4. The molecule has 1 unspecified atom stereocenters. The normalized spacial score (nSPS) is 13.5. The third-order valence-electron chi connectivity index (χ3n) is 3.32. The van der Waals surface area contributed by atoms with Crippen LogP contribution in [0.3, 0.4) is 0 Å². The second-order valence-corrected chi connectivity index (χ2v) is 5.26. The van der Waals surface area contributed by atoms with Gasteiger partial charge in [0.2, 0.25) is 5.91 Å². The summed E-state index contributed by atoms with van der Waals surface area (Å²) >= 11 is 0. The lowest BCUT2D eigenvalue weighted by atomic mass is 9.96. The van der Waals surface area contributed by atoms with Crippen molar-refractivity contribution < 1.29 is 9.53 Å². The number of nitrogens with zero attached hydrogens (tertiary/aromatic N) is 4. The van der Waals surface area contributed by atoms with Gasteiger partial charge in [0, 0.05) is 5.69 Å². The molecule has 8 heteroatoms. The second kappa shape index (κ2) is 6.52. The molecule has 0 aliphatic carbocycles. The van der Waals surface area contributed by atoms with Crippen LogP contribution in [0, 0.1) is 0 Å². The highest BCUT2D eigenvalue weighted by Crippen LogP contribution is 2.26. The average molecular weight is 304 g/mol. The lowest BCUT2D eigenvalue weighted by Gasteiger charge is -2.23. The average Bonchev–Trinajstić information content (AvgIpc) is 3.01. The van der Waals surface area contributed by atoms with E-state index < -0.39 is 5.54 Å². The fraction of sp³-hybridized carbons (Fsp3) is 0.429. The Kier molecular flexibility index (Phi) is 4.71. The second-order valence-electron chi connectivity index (χ2n) is 5.26. The molecular formula is C14H20N6O2. The molecule has 2 aromatic rings. The zero-order valence-corrected chi connectivity index (χ0v) is 12.9. The number of methoxy groups -OCH3 is 1. The van der Waals surface area contributed by atoms with E-state index >= 15 is 0 Å². The van der Waals surface area contributed by atoms with Crippen LogP contribution in [0.1, 0.15) is 26.7 Å². The van der Waals surface area contributed by atoms with Gasteiger partial charge in [-0.05, 0) is 42.0 Å². The van der Waals surface area contributed by atoms with Crippen molar-refractivity contribution >= 4 is 11.6 Å². The Labute approximate surface area is 128 Å². The number of ether oxygens (including phenoxy) is 1. The van der Waals surface area contributed by atoms with E-state index in [0.717, 1.165) is 6.42 Å². The quantitative estimate of drug-likeness (QED) is 0.828. The highest BCUT2D eigenvalue weighted by Gasteiger charge is 2.27. The molecule has 2 rings (SSSR count). The molecule has 0 spiro atoms. The minimum absolute atomic E-state index is 0.234. The summed E-state index contributed by atoms with van der Waals surface area (Å²) in [4.78, 5) is 12.3. The molecule has 1 aromatic heterocycles. The van der Waals surface area contributed by atoms with Gasteiger partial charge in [0.05, 0.1) is 12.6 Å². The molecule has 0 fully saturated rings. The van der Waals surface area contributed by atoms with Crippen LogP contribution < -0.4 is 15.8 Å². The lowest BCUT2D eigenvalue weighted by molar-refractivity contribution is -0.120. The Morgan fingerprint density at radius 1 is 1.50 bits per heavy atom. The van der Waals surface area contributed by atoms with Crippen LogP contribution in [0.25, 0.3) is 5.69 Å². The summed E-state index contributed by atoms with van der Waals surface area (Å²) in [5, 5.41) is 13.8. The van der Waals surface area contributed by atoms with Crippen LogP contribution >= 0.6 is 0 Å². The maximum atomic E-state index is 12.3. The third kappa shape index (κ3) is 3.40. The fourth-order valence-corrected chi connectivity index (χ4v) is 2.13. The summed E-state index contributed by atoms with van der Waals surface area (Å²) in [7, 11) is 1.56. The van der Waals surface area contributed by atoms with Gasteiger partial charge in [-0.15, -0.1) is 5.10 Å². The number of tetrazole rings is 1. The molecule has 1 atom stereocenters. The number of rotatable bonds is 6. The zero-order chi connectivity index (χ0) is 16.2. The highest BCUT2D eigenvalue weighted by atomic mass is 16.5. The highest BCUT2D eigenvalue weighted by molar-refractivity contribution is 5.97. The van der Waals surface area contributed by atoms with Crippen LogP contribution in [0.15, 0.2) is 24.5 Å². The van der Waals surface area contributed by atoms with Crippen molar-refractivity contribution in [3.05, 3.63) is 24.5 Å². The van der Waals surface area contributed by atoms with Gasteiger partial charge in [-0.1, -0.05) is 13.3 Å². The maximum absolute atomic E-state index is 12.3. The Bertz CT molecular complexity index is 639. The van der Waals surface area contributed by atoms with Gasteiger partial charge < -0.3 is 15.8 Å². The number of carbonyl (C=O) groups is 1. The summed E-state index contributed by atoms with van der Waals surface area (Å²) in [5.41, 5.74) is 6.35. The topological polar surface area (TPSA) is 108 Å². The van der Waals surface area contributed by atoms with E-state index in [9.17, 15) is 4.79 Å². The molecule has 1 aromatic carbocycles. The predicted octanol–water partition coefficient (Wildman–Crippen LogP) is 1.13. The van der Waals surface area contributed by atoms with Gasteiger partial charge in [0.1, 0.15) is 17.8 Å². The summed E-state index contributed by atoms with van der Waals surface area (Å²) in [5.74, 6) is 0.358. The molecule has 1 amide bonds. The smallest absolute Gasteiger partial charge is 0.244 e. The predicted molar refractivity (Wildman–Crippen MR) is 81.8 cm³/mol. The number of amides is 1. The molecular weight excluding hydrogens is 284 g/mol. The Balaban J connectivity index is 2.26. The first kappa shape index (κ1) is 15.9. The van der Waals surface area contributed by atoms with Crippen LogP contribution in [-0.4, -0.2) is 38.8 Å². The van der Waals surface area contributed by atoms with Gasteiger partial charge in [-0.3, -0.25) is 4.79 Å². The van der Waals surface area contributed by atoms with Crippen molar-refractivity contribution in [3.63, 3.8) is 0 Å². The number of nitrogens with two attached hydrogens (primary N) is 1. The maximum Gasteiger partial charge on any atom is 0.244 e. The summed E-state index contributed by atoms with van der Waals surface area (Å²) in [6.45, 7) is 3.71. The fourth-order valence-electron chi connectivity index (χ4n) is 2.13. The molecule has 0 aliphatic heterocycles. The monoisotopic (exact) mass is 304 g/mol. The van der Waals surface area contributed by atoms with E-state index in [1.807, 2.05) is 6.92 Å². The minimum Gasteiger partial charge on any atom is -0.494 e. The molecule has 8 nitrogen and oxygen atoms in total. The lowest BCUT2D eigenvalue weighted by Crippen LogP contribution is -2.48. The van der Waals surface area contributed by atoms with Gasteiger partial charge in [0.15, 0.2) is 0 Å². The number of hydrogen-bond acceptors (Lipinski definition) is 6. The third-order valence-corrected chi connectivity index (χ3v) is 3.32. The van der Waals surface area contributed by atoms with E-state index in [-0.39, 0.29) is 5.91 Å². The van der Waals surface area contributed by atoms with E-state index in [4.69, 9.17) is 10.5 Å². The zero-order valence-electron chi connectivity index (χ0n) is 12.9. The van der Waals surface area contributed by atoms with Crippen molar-refractivity contribution in [2.24, 2.45) is 5.73 Å². The van der Waals surface area contributed by atoms with Crippen molar-refractivity contribution in [2.75, 3.05) is 12.4 Å². The number of benzene rings is 1. The van der Waals surface area contributed by atoms with E-state index in [2.05, 4.69) is 20.8 Å². The van der Waals surface area contributed by atoms with Gasteiger partial charge >= 0.3 is 0 Å². The van der Waals surface area contributed by atoms with Crippen molar-refractivity contribution in [1.29, 1.82) is 0 Å². The number of carbonyl (C=O) groups excluding carboxylic acids is 1. The summed E-state index contributed by atoms with van der Waals surface area (Å²) in [6.07, 6.45) is 2.89. The van der Waals surface area contributed by atoms with E-state index in [0.29, 0.717) is 23.5 Å². The number of anilines is 1. The van der Waals surface area contributed by atoms with E-state index in [1.165, 1.54) is 11.0 Å². The molecule has 1 heterocycles. The molecule has 118 valence electrons. The molecule has 0 aliphatic rings. The Morgan fingerprint density at radius 2 is 2.27 bits per heavy atom. The van der Waals surface area contributed by atoms with Crippen LogP contribution in [0.5, 0.6) is 5.75 Å². The SMILES string of the molecule is CCCC(C)(N)C(=O)Nc1ccc(OC)c(-n2cnnn2)c1. The molecule has 0 saturated heterocycles. The number of nitrogens with one attached hydrogen (secondary N) is 1. The van der Waals surface area contributed by atoms with Gasteiger partial charge in [-0.2, -0.15) is 4.68 Å². The van der Waals surface area contributed by atoms with E-state index in [1.54, 1.807) is 32.2 Å². The first-order chi connectivity index (χ1) is 10.5. The van der Waals surface area contributed by atoms with Gasteiger partial charge in [-0.25, -0.2) is 0 Å². The Morgan fingerprint density at radius 3 is 2.86 bits per heavy atom. The first-order valence-electron chi connectivity index (χ1n) is 6.99. The summed E-state index contributed by atoms with van der Waals surface area (Å²) in [6, 6.07) is 5.21. The van der Waals surface area contributed by atoms with Crippen LogP contribution in [0.2, 0.25) is 0 Å². The Hall–Kier alpha value is -2.48. The minimum atomic E-state index is -0.913. The van der Waals surface area contributed by atoms with Gasteiger partial charge in [0.25, 0.3) is 0 Å². The molecule has 0 saturated carbocycles. The molecule has 3 N–H and O–H groups in total. The van der Waals surface area contributed by atoms with Crippen molar-refractivity contribution in [2.45, 2.75) is 32.2 Å². The number of hydrogen-bond donors (Lipinski definition) is 2. The largest absolute Gasteiger partial charge is 0.494 e. The van der Waals surface area contributed by atoms with Crippen LogP contribution in [-0.2, 0) is 4.79 Å². The van der Waals surface area contributed by atoms with Crippen molar-refractivity contribution in [1.82, 2.24) is 20.2 Å². The van der Waals surface area contributed by atoms with Crippen molar-refractivity contribution in [3.8, 4) is 11.4 Å². The molecule has 0 bridgehead atoms. The summed E-state index contributed by atoms with van der Waals surface area (Å²) < 4.78 is 6.74. The molecule has 0 radical (unpaired) electrons.